The Kier molecular flexibility index (Phi) is 3.92. The third-order valence-electron chi connectivity index (χ3n) is 4.57. The van der Waals surface area contributed by atoms with Crippen molar-refractivity contribution >= 4 is 17.5 Å². The van der Waals surface area contributed by atoms with Crippen LogP contribution in [0.1, 0.15) is 31.9 Å². The summed E-state index contributed by atoms with van der Waals surface area (Å²) in [6, 6.07) is 2.85. The number of nitrogens with two attached hydrogens (primary N) is 1. The fourth-order valence-electron chi connectivity index (χ4n) is 3.28. The summed E-state index contributed by atoms with van der Waals surface area (Å²) in [5, 5.41) is 0. The van der Waals surface area contributed by atoms with E-state index in [4.69, 9.17) is 10.2 Å². The number of primary amides is 1. The molecule has 2 N–H and O–H groups in total. The number of carbonyl (C=O) groups is 2. The van der Waals surface area contributed by atoms with E-state index in [0.29, 0.717) is 26.1 Å². The summed E-state index contributed by atoms with van der Waals surface area (Å²) in [7, 11) is 0. The van der Waals surface area contributed by atoms with Crippen LogP contribution in [0.25, 0.3) is 5.57 Å². The van der Waals surface area contributed by atoms with Crippen LogP contribution >= 0.6 is 0 Å². The molecule has 0 saturated carbocycles. The van der Waals surface area contributed by atoms with Gasteiger partial charge >= 0.3 is 6.03 Å². The van der Waals surface area contributed by atoms with E-state index in [-0.39, 0.29) is 5.91 Å². The predicted molar refractivity (Wildman–Crippen MR) is 81.8 cm³/mol. The first kappa shape index (κ1) is 14.7. The summed E-state index contributed by atoms with van der Waals surface area (Å²) in [5.74, 6) is 0.807. The lowest BCUT2D eigenvalue weighted by Crippen LogP contribution is -2.50. The van der Waals surface area contributed by atoms with Gasteiger partial charge in [0, 0.05) is 25.2 Å². The van der Waals surface area contributed by atoms with Crippen molar-refractivity contribution < 1.29 is 14.0 Å². The molecule has 0 radical (unpaired) electrons. The van der Waals surface area contributed by atoms with Crippen LogP contribution in [-0.4, -0.2) is 47.4 Å². The topological polar surface area (TPSA) is 79.8 Å². The molecule has 6 nitrogen and oxygen atoms in total. The molecule has 0 spiro atoms. The van der Waals surface area contributed by atoms with Gasteiger partial charge < -0.3 is 20.0 Å². The van der Waals surface area contributed by atoms with Crippen LogP contribution in [-0.2, 0) is 4.79 Å². The minimum atomic E-state index is -0.508. The summed E-state index contributed by atoms with van der Waals surface area (Å²) in [6.07, 6.45) is 3.98. The molecule has 2 aliphatic rings. The number of hydrogen-bond donors (Lipinski definition) is 1. The van der Waals surface area contributed by atoms with Crippen LogP contribution in [0, 0.1) is 0 Å². The Labute approximate surface area is 129 Å². The van der Waals surface area contributed by atoms with Crippen LogP contribution in [0.3, 0.4) is 0 Å². The maximum Gasteiger partial charge on any atom is 0.315 e. The average Bonchev–Trinajstić information content (AvgIpc) is 3.18. The third-order valence-corrected chi connectivity index (χ3v) is 4.57. The molecule has 0 aromatic carbocycles. The van der Waals surface area contributed by atoms with Crippen LogP contribution < -0.4 is 5.73 Å². The number of urea groups is 1. The van der Waals surface area contributed by atoms with Crippen LogP contribution in [0.4, 0.5) is 4.79 Å². The maximum absolute atomic E-state index is 12.8. The van der Waals surface area contributed by atoms with E-state index in [1.807, 2.05) is 17.0 Å². The molecule has 1 aromatic heterocycles. The van der Waals surface area contributed by atoms with Gasteiger partial charge in [0.15, 0.2) is 0 Å². The molecular weight excluding hydrogens is 282 g/mol. The van der Waals surface area contributed by atoms with Crippen molar-refractivity contribution in [3.8, 4) is 0 Å². The Balaban J connectivity index is 1.76. The lowest BCUT2D eigenvalue weighted by atomic mass is 9.98. The summed E-state index contributed by atoms with van der Waals surface area (Å²) >= 11 is 0. The molecule has 0 aliphatic carbocycles. The fraction of sp³-hybridized carbons (Fsp3) is 0.500. The largest absolute Gasteiger partial charge is 0.465 e. The van der Waals surface area contributed by atoms with Crippen molar-refractivity contribution in [3.05, 3.63) is 29.7 Å². The minimum Gasteiger partial charge on any atom is -0.465 e. The molecule has 3 rings (SSSR count). The smallest absolute Gasteiger partial charge is 0.315 e. The zero-order chi connectivity index (χ0) is 15.7. The van der Waals surface area contributed by atoms with Crippen molar-refractivity contribution in [2.75, 3.05) is 19.6 Å². The molecule has 3 heterocycles. The molecule has 3 amide bonds. The van der Waals surface area contributed by atoms with Crippen LogP contribution in [0.15, 0.2) is 28.4 Å². The Morgan fingerprint density at radius 3 is 2.86 bits per heavy atom. The monoisotopic (exact) mass is 303 g/mol. The molecule has 1 fully saturated rings. The van der Waals surface area contributed by atoms with Gasteiger partial charge in [0.25, 0.3) is 0 Å². The van der Waals surface area contributed by atoms with Crippen molar-refractivity contribution in [1.29, 1.82) is 0 Å². The zero-order valence-electron chi connectivity index (χ0n) is 12.7. The standard InChI is InChI=1S/C16H21N3O3/c1-11-6-8-18(10-12(11)14-5-3-9-22-14)15(20)13-4-2-7-19(13)16(17)21/h3,5,9,13H,2,4,6-8,10H2,1H3,(H2,17,21)/t13-/m0/s1. The Morgan fingerprint density at radius 2 is 2.18 bits per heavy atom. The molecule has 1 aromatic rings. The predicted octanol–water partition coefficient (Wildman–Crippen LogP) is 1.83. The Hall–Kier alpha value is -2.24. The second kappa shape index (κ2) is 5.87. The SMILES string of the molecule is CC1=C(c2ccco2)CN(C(=O)[C@@H]2CCCN2C(N)=O)CC1. The number of carbonyl (C=O) groups excluding carboxylic acids is 2. The van der Waals surface area contributed by atoms with E-state index in [1.54, 1.807) is 6.26 Å². The highest BCUT2D eigenvalue weighted by Gasteiger charge is 2.36. The summed E-state index contributed by atoms with van der Waals surface area (Å²) in [5.41, 5.74) is 7.68. The van der Waals surface area contributed by atoms with Gasteiger partial charge in [-0.05, 0) is 38.3 Å². The van der Waals surface area contributed by atoms with E-state index in [0.717, 1.165) is 24.2 Å². The van der Waals surface area contributed by atoms with Gasteiger partial charge in [0.05, 0.1) is 6.26 Å². The van der Waals surface area contributed by atoms with Crippen LogP contribution in [0.5, 0.6) is 0 Å². The van der Waals surface area contributed by atoms with Gasteiger partial charge in [-0.15, -0.1) is 0 Å². The number of furan rings is 1. The van der Waals surface area contributed by atoms with Crippen molar-refractivity contribution in [2.45, 2.75) is 32.2 Å². The summed E-state index contributed by atoms with van der Waals surface area (Å²) < 4.78 is 5.48. The number of likely N-dealkylation sites (tertiary alicyclic amines) is 1. The van der Waals surface area contributed by atoms with Gasteiger partial charge in [0.2, 0.25) is 5.91 Å². The summed E-state index contributed by atoms with van der Waals surface area (Å²) in [6.45, 7) is 3.85. The maximum atomic E-state index is 12.8. The molecule has 6 heteroatoms. The molecular formula is C16H21N3O3. The molecule has 1 atom stereocenters. The lowest BCUT2D eigenvalue weighted by molar-refractivity contribution is -0.134. The second-order valence-corrected chi connectivity index (χ2v) is 5.94. The Morgan fingerprint density at radius 1 is 1.36 bits per heavy atom. The molecule has 118 valence electrons. The molecule has 0 unspecified atom stereocenters. The molecule has 1 saturated heterocycles. The zero-order valence-corrected chi connectivity index (χ0v) is 12.7. The van der Waals surface area contributed by atoms with Crippen molar-refractivity contribution in [1.82, 2.24) is 9.80 Å². The highest BCUT2D eigenvalue weighted by molar-refractivity contribution is 5.88. The normalized spacial score (nSPS) is 22.3. The Bertz CT molecular complexity index is 606. The van der Waals surface area contributed by atoms with Gasteiger partial charge in [-0.25, -0.2) is 4.79 Å². The molecule has 2 aliphatic heterocycles. The van der Waals surface area contributed by atoms with E-state index in [1.165, 1.54) is 10.5 Å². The average molecular weight is 303 g/mol. The number of nitrogens with zero attached hydrogens (tertiary/aromatic N) is 2. The lowest BCUT2D eigenvalue weighted by Gasteiger charge is -2.33. The first-order valence-corrected chi connectivity index (χ1v) is 7.65. The van der Waals surface area contributed by atoms with Crippen LogP contribution in [0.2, 0.25) is 0 Å². The number of amides is 3. The van der Waals surface area contributed by atoms with Gasteiger partial charge in [-0.1, -0.05) is 5.57 Å². The van der Waals surface area contributed by atoms with E-state index >= 15 is 0 Å². The minimum absolute atomic E-state index is 0.00661. The molecule has 0 bridgehead atoms. The number of hydrogen-bond acceptors (Lipinski definition) is 3. The van der Waals surface area contributed by atoms with Gasteiger partial charge in [-0.3, -0.25) is 4.79 Å². The molecule has 22 heavy (non-hydrogen) atoms. The quantitative estimate of drug-likeness (QED) is 0.905. The number of rotatable bonds is 2. The van der Waals surface area contributed by atoms with E-state index < -0.39 is 12.1 Å². The van der Waals surface area contributed by atoms with Gasteiger partial charge in [-0.2, -0.15) is 0 Å². The second-order valence-electron chi connectivity index (χ2n) is 5.94. The third kappa shape index (κ3) is 2.61. The van der Waals surface area contributed by atoms with E-state index in [9.17, 15) is 9.59 Å². The fourth-order valence-corrected chi connectivity index (χ4v) is 3.28. The highest BCUT2D eigenvalue weighted by atomic mass is 16.3. The summed E-state index contributed by atoms with van der Waals surface area (Å²) in [4.78, 5) is 27.5. The van der Waals surface area contributed by atoms with Gasteiger partial charge in [0.1, 0.15) is 11.8 Å². The van der Waals surface area contributed by atoms with E-state index in [2.05, 4.69) is 6.92 Å². The first-order chi connectivity index (χ1) is 10.6. The van der Waals surface area contributed by atoms with Crippen molar-refractivity contribution in [3.63, 3.8) is 0 Å². The highest BCUT2D eigenvalue weighted by Crippen LogP contribution is 2.28. The first-order valence-electron chi connectivity index (χ1n) is 7.65. The van der Waals surface area contributed by atoms with Crippen molar-refractivity contribution in [2.24, 2.45) is 5.73 Å².